The van der Waals surface area contributed by atoms with Gasteiger partial charge in [-0.25, -0.2) is 9.37 Å². The molecule has 2 aromatic carbocycles. The highest BCUT2D eigenvalue weighted by Crippen LogP contribution is 2.18. The van der Waals surface area contributed by atoms with E-state index in [0.717, 1.165) is 5.56 Å². The summed E-state index contributed by atoms with van der Waals surface area (Å²) in [4.78, 5) is 28.9. The van der Waals surface area contributed by atoms with E-state index in [4.69, 9.17) is 0 Å². The minimum atomic E-state index is -0.492. The summed E-state index contributed by atoms with van der Waals surface area (Å²) in [6.45, 7) is 5.85. The van der Waals surface area contributed by atoms with Gasteiger partial charge in [-0.1, -0.05) is 6.07 Å². The van der Waals surface area contributed by atoms with E-state index in [2.05, 4.69) is 10.3 Å². The number of nitrogens with zero attached hydrogens (tertiary/aromatic N) is 2. The maximum Gasteiger partial charge on any atom is 0.272 e. The van der Waals surface area contributed by atoms with E-state index < -0.39 is 11.7 Å². The quantitative estimate of drug-likeness (QED) is 0.795. The molecular weight excluding hydrogens is 321 g/mol. The second-order valence-electron chi connectivity index (χ2n) is 5.89. The molecule has 0 aliphatic heterocycles. The van der Waals surface area contributed by atoms with Crippen LogP contribution in [0.25, 0.3) is 11.0 Å². The van der Waals surface area contributed by atoms with Crippen LogP contribution in [-0.4, -0.2) is 15.5 Å². The molecule has 5 nitrogen and oxygen atoms in total. The number of carbonyl (C=O) groups excluding carboxylic acids is 1. The van der Waals surface area contributed by atoms with Gasteiger partial charge in [-0.2, -0.15) is 0 Å². The lowest BCUT2D eigenvalue weighted by Crippen LogP contribution is -2.23. The van der Waals surface area contributed by atoms with Crippen molar-refractivity contribution in [3.05, 3.63) is 69.4 Å². The van der Waals surface area contributed by atoms with Gasteiger partial charge in [0.1, 0.15) is 11.5 Å². The number of halogens is 1. The maximum atomic E-state index is 13.8. The first kappa shape index (κ1) is 16.8. The summed E-state index contributed by atoms with van der Waals surface area (Å²) in [5, 5.41) is 2.58. The van der Waals surface area contributed by atoms with Crippen molar-refractivity contribution in [2.75, 3.05) is 5.32 Å². The third-order valence-electron chi connectivity index (χ3n) is 4.06. The van der Waals surface area contributed by atoms with Crippen LogP contribution in [0.2, 0.25) is 0 Å². The highest BCUT2D eigenvalue weighted by Gasteiger charge is 2.13. The smallest absolute Gasteiger partial charge is 0.272 e. The molecule has 3 rings (SSSR count). The molecule has 1 N–H and O–H groups in total. The number of aromatic nitrogens is 2. The summed E-state index contributed by atoms with van der Waals surface area (Å²) in [5.74, 6) is -0.923. The molecule has 0 fully saturated rings. The van der Waals surface area contributed by atoms with Crippen LogP contribution in [0.3, 0.4) is 0 Å². The number of anilines is 1. The number of hydrogen-bond donors (Lipinski definition) is 1. The molecule has 1 amide bonds. The number of hydrogen-bond acceptors (Lipinski definition) is 3. The Morgan fingerprint density at radius 2 is 1.96 bits per heavy atom. The first-order valence-electron chi connectivity index (χ1n) is 7.99. The molecule has 0 radical (unpaired) electrons. The summed E-state index contributed by atoms with van der Waals surface area (Å²) in [6, 6.07) is 9.43. The van der Waals surface area contributed by atoms with Crippen molar-refractivity contribution in [2.45, 2.75) is 27.3 Å². The number of aryl methyl sites for hydroxylation is 3. The van der Waals surface area contributed by atoms with Gasteiger partial charge in [0.15, 0.2) is 0 Å². The lowest BCUT2D eigenvalue weighted by molar-refractivity contribution is 0.102. The Kier molecular flexibility index (Phi) is 4.35. The van der Waals surface area contributed by atoms with Gasteiger partial charge in [0.2, 0.25) is 0 Å². The summed E-state index contributed by atoms with van der Waals surface area (Å²) < 4.78 is 15.4. The Balaban J connectivity index is 2.01. The molecule has 0 saturated heterocycles. The van der Waals surface area contributed by atoms with Gasteiger partial charge in [0, 0.05) is 12.1 Å². The number of amides is 1. The lowest BCUT2D eigenvalue weighted by atomic mass is 10.1. The van der Waals surface area contributed by atoms with Gasteiger partial charge in [-0.3, -0.25) is 9.59 Å². The second kappa shape index (κ2) is 6.47. The summed E-state index contributed by atoms with van der Waals surface area (Å²) in [6.07, 6.45) is 0. The van der Waals surface area contributed by atoms with Gasteiger partial charge in [-0.05, 0) is 56.7 Å². The Hall–Kier alpha value is -3.02. The van der Waals surface area contributed by atoms with Crippen LogP contribution in [0.15, 0.2) is 41.2 Å². The largest absolute Gasteiger partial charge is 0.319 e. The van der Waals surface area contributed by atoms with Crippen molar-refractivity contribution in [1.82, 2.24) is 9.55 Å². The van der Waals surface area contributed by atoms with Crippen molar-refractivity contribution in [3.63, 3.8) is 0 Å². The Labute approximate surface area is 144 Å². The van der Waals surface area contributed by atoms with E-state index in [0.29, 0.717) is 28.8 Å². The van der Waals surface area contributed by atoms with Crippen LogP contribution in [0.4, 0.5) is 10.1 Å². The van der Waals surface area contributed by atoms with Crippen molar-refractivity contribution in [1.29, 1.82) is 0 Å². The molecule has 128 valence electrons. The third kappa shape index (κ3) is 3.15. The van der Waals surface area contributed by atoms with Crippen molar-refractivity contribution >= 4 is 22.6 Å². The SMILES string of the molecule is CCn1c(=O)c(C)nc2cc(C(=O)Nc3cc(C)ccc3F)ccc21. The average molecular weight is 339 g/mol. The first-order chi connectivity index (χ1) is 11.9. The number of benzene rings is 2. The maximum absolute atomic E-state index is 13.8. The molecule has 0 unspecified atom stereocenters. The highest BCUT2D eigenvalue weighted by molar-refractivity contribution is 6.06. The van der Waals surface area contributed by atoms with E-state index in [1.54, 1.807) is 41.8 Å². The second-order valence-corrected chi connectivity index (χ2v) is 5.89. The van der Waals surface area contributed by atoms with Gasteiger partial charge >= 0.3 is 0 Å². The topological polar surface area (TPSA) is 64.0 Å². The molecule has 3 aromatic rings. The fourth-order valence-corrected chi connectivity index (χ4v) is 2.76. The van der Waals surface area contributed by atoms with Crippen LogP contribution in [0.1, 0.15) is 28.5 Å². The van der Waals surface area contributed by atoms with Gasteiger partial charge < -0.3 is 9.88 Å². The first-order valence-corrected chi connectivity index (χ1v) is 7.99. The number of fused-ring (bicyclic) bond motifs is 1. The zero-order valence-electron chi connectivity index (χ0n) is 14.3. The number of carbonyl (C=O) groups is 1. The van der Waals surface area contributed by atoms with Crippen LogP contribution < -0.4 is 10.9 Å². The molecule has 0 bridgehead atoms. The normalized spacial score (nSPS) is 10.9. The molecule has 0 aliphatic rings. The summed E-state index contributed by atoms with van der Waals surface area (Å²) in [7, 11) is 0. The van der Waals surface area contributed by atoms with Gasteiger partial charge in [0.05, 0.1) is 16.7 Å². The minimum absolute atomic E-state index is 0.132. The zero-order chi connectivity index (χ0) is 18.1. The third-order valence-corrected chi connectivity index (χ3v) is 4.06. The van der Waals surface area contributed by atoms with Crippen molar-refractivity contribution < 1.29 is 9.18 Å². The van der Waals surface area contributed by atoms with E-state index in [1.165, 1.54) is 6.07 Å². The molecule has 0 spiro atoms. The average Bonchev–Trinajstić information content (AvgIpc) is 2.59. The summed E-state index contributed by atoms with van der Waals surface area (Å²) >= 11 is 0. The summed E-state index contributed by atoms with van der Waals surface area (Å²) in [5.41, 5.74) is 2.77. The van der Waals surface area contributed by atoms with E-state index in [-0.39, 0.29) is 11.2 Å². The van der Waals surface area contributed by atoms with Gasteiger partial charge in [0.25, 0.3) is 11.5 Å². The fraction of sp³-hybridized carbons (Fsp3) is 0.211. The number of nitrogens with one attached hydrogen (secondary N) is 1. The van der Waals surface area contributed by atoms with E-state index in [1.807, 2.05) is 13.8 Å². The van der Waals surface area contributed by atoms with Crippen LogP contribution in [-0.2, 0) is 6.54 Å². The van der Waals surface area contributed by atoms with Crippen molar-refractivity contribution in [2.24, 2.45) is 0 Å². The molecule has 0 aliphatic carbocycles. The lowest BCUT2D eigenvalue weighted by Gasteiger charge is -2.11. The Bertz CT molecular complexity index is 1040. The highest BCUT2D eigenvalue weighted by atomic mass is 19.1. The van der Waals surface area contributed by atoms with Crippen LogP contribution >= 0.6 is 0 Å². The molecule has 25 heavy (non-hydrogen) atoms. The molecule has 1 aromatic heterocycles. The molecule has 0 saturated carbocycles. The molecular formula is C19H18FN3O2. The standard InChI is InChI=1S/C19H18FN3O2/c1-4-23-17-8-6-13(10-16(17)21-12(3)19(23)25)18(24)22-15-9-11(2)5-7-14(15)20/h5-10H,4H2,1-3H3,(H,22,24). The van der Waals surface area contributed by atoms with Crippen LogP contribution in [0.5, 0.6) is 0 Å². The van der Waals surface area contributed by atoms with Crippen LogP contribution in [0, 0.1) is 19.7 Å². The molecule has 0 atom stereocenters. The predicted octanol–water partition coefficient (Wildman–Crippen LogP) is 3.42. The van der Waals surface area contributed by atoms with Crippen molar-refractivity contribution in [3.8, 4) is 0 Å². The van der Waals surface area contributed by atoms with Gasteiger partial charge in [-0.15, -0.1) is 0 Å². The number of rotatable bonds is 3. The molecule has 1 heterocycles. The fourth-order valence-electron chi connectivity index (χ4n) is 2.76. The molecule has 6 heteroatoms. The predicted molar refractivity (Wildman–Crippen MR) is 95.5 cm³/mol. The monoisotopic (exact) mass is 339 g/mol. The zero-order valence-corrected chi connectivity index (χ0v) is 14.3. The van der Waals surface area contributed by atoms with E-state index in [9.17, 15) is 14.0 Å². The van der Waals surface area contributed by atoms with E-state index >= 15 is 0 Å². The Morgan fingerprint density at radius 3 is 2.68 bits per heavy atom. The minimum Gasteiger partial charge on any atom is -0.319 e. The Morgan fingerprint density at radius 1 is 1.20 bits per heavy atom.